The number of rotatable bonds is 13. The molecule has 1 aromatic carbocycles. The van der Waals surface area contributed by atoms with Crippen LogP contribution in [0.5, 0.6) is 5.75 Å². The molecule has 2 atom stereocenters. The van der Waals surface area contributed by atoms with E-state index in [9.17, 15) is 9.36 Å². The Kier molecular flexibility index (Phi) is 12.2. The molecule has 0 fully saturated rings. The molecule has 13 heteroatoms. The van der Waals surface area contributed by atoms with Gasteiger partial charge in [0.2, 0.25) is 11.9 Å². The summed E-state index contributed by atoms with van der Waals surface area (Å²) in [6.45, 7) is 7.04. The number of esters is 1. The van der Waals surface area contributed by atoms with E-state index in [2.05, 4.69) is 20.1 Å². The zero-order chi connectivity index (χ0) is 25.5. The van der Waals surface area contributed by atoms with Gasteiger partial charge in [0.1, 0.15) is 31.4 Å². The van der Waals surface area contributed by atoms with Crippen molar-refractivity contribution in [3.05, 3.63) is 30.3 Å². The smallest absolute Gasteiger partial charge is 0.342 e. The van der Waals surface area contributed by atoms with Gasteiger partial charge in [-0.25, -0.2) is 10.1 Å². The van der Waals surface area contributed by atoms with E-state index in [0.29, 0.717) is 24.8 Å². The number of hydrogen-bond acceptors (Lipinski definition) is 11. The first-order valence-electron chi connectivity index (χ1n) is 11.5. The van der Waals surface area contributed by atoms with E-state index in [1.165, 1.54) is 0 Å². The molecule has 1 aliphatic heterocycles. The Hall–Kier alpha value is -2.95. The average molecular weight is 511 g/mol. The van der Waals surface area contributed by atoms with Crippen LogP contribution >= 0.6 is 7.52 Å². The zero-order valence-electron chi connectivity index (χ0n) is 20.5. The highest BCUT2D eigenvalue weighted by Gasteiger charge is 2.30. The number of hydrogen-bond donors (Lipinski definition) is 2. The highest BCUT2D eigenvalue weighted by atomic mass is 31.2. The number of carbonyl (C=O) groups excluding carboxylic acids is 1. The van der Waals surface area contributed by atoms with Crippen LogP contribution in [0, 0.1) is 0 Å². The van der Waals surface area contributed by atoms with Crippen molar-refractivity contribution in [1.82, 2.24) is 9.99 Å². The maximum Gasteiger partial charge on any atom is 0.342 e. The monoisotopic (exact) mass is 510 g/mol. The molecule has 0 aliphatic carbocycles. The van der Waals surface area contributed by atoms with Crippen LogP contribution in [-0.4, -0.2) is 81.0 Å². The number of nitrogens with zero attached hydrogens (tertiary/aromatic N) is 4. The standard InChI is InChI=1S/C22H35N6O6P/c1-4-12-33-20-14-24-15-28(16-25-22(23)26-20)11-13-31-17-35(30,27-18(3)21(29)32-5-2)34-19-9-7-6-8-10-19/h6-10,15,18H,4-5,11-14,16-17H2,1-3H3,(H2,23,25)(H,27,30)/b24-15?,26-20+/t18-,35?/m0/s1. The molecular formula is C22H35N6O6P. The molecule has 1 aliphatic rings. The molecule has 0 saturated carbocycles. The molecule has 1 unspecified atom stereocenters. The molecule has 35 heavy (non-hydrogen) atoms. The summed E-state index contributed by atoms with van der Waals surface area (Å²) in [6.07, 6.45) is 2.20. The first-order chi connectivity index (χ1) is 16.8. The van der Waals surface area contributed by atoms with Crippen LogP contribution in [0.25, 0.3) is 0 Å². The van der Waals surface area contributed by atoms with Gasteiger partial charge in [-0.15, -0.1) is 0 Å². The van der Waals surface area contributed by atoms with Crippen molar-refractivity contribution >= 4 is 31.7 Å². The highest BCUT2D eigenvalue weighted by Crippen LogP contribution is 2.43. The predicted molar refractivity (Wildman–Crippen MR) is 135 cm³/mol. The second-order valence-corrected chi connectivity index (χ2v) is 9.54. The molecule has 2 rings (SSSR count). The summed E-state index contributed by atoms with van der Waals surface area (Å²) >= 11 is 0. The van der Waals surface area contributed by atoms with Crippen molar-refractivity contribution < 1.29 is 28.1 Å². The third-order valence-corrected chi connectivity index (χ3v) is 6.22. The third kappa shape index (κ3) is 10.9. The van der Waals surface area contributed by atoms with Crippen LogP contribution in [0.3, 0.4) is 0 Å². The molecule has 0 saturated heterocycles. The maximum atomic E-state index is 13.5. The molecule has 0 aromatic heterocycles. The Morgan fingerprint density at radius 3 is 2.74 bits per heavy atom. The van der Waals surface area contributed by atoms with E-state index in [0.717, 1.165) is 6.42 Å². The lowest BCUT2D eigenvalue weighted by Crippen LogP contribution is -2.36. The molecule has 1 aromatic rings. The summed E-state index contributed by atoms with van der Waals surface area (Å²) < 4.78 is 35.4. The first-order valence-corrected chi connectivity index (χ1v) is 13.3. The van der Waals surface area contributed by atoms with Crippen molar-refractivity contribution in [1.29, 1.82) is 0 Å². The van der Waals surface area contributed by atoms with Crippen molar-refractivity contribution in [2.24, 2.45) is 20.7 Å². The minimum Gasteiger partial charge on any atom is -0.479 e. The van der Waals surface area contributed by atoms with Gasteiger partial charge in [0.25, 0.3) is 0 Å². The number of para-hydroxylation sites is 1. The van der Waals surface area contributed by atoms with Gasteiger partial charge in [-0.05, 0) is 32.4 Å². The van der Waals surface area contributed by atoms with E-state index in [4.69, 9.17) is 24.5 Å². The van der Waals surface area contributed by atoms with Crippen LogP contribution in [0.4, 0.5) is 0 Å². The molecular weight excluding hydrogens is 475 g/mol. The summed E-state index contributed by atoms with van der Waals surface area (Å²) in [4.78, 5) is 26.5. The number of nitrogens with one attached hydrogen (secondary N) is 1. The summed E-state index contributed by atoms with van der Waals surface area (Å²) in [6, 6.07) is 7.83. The molecule has 194 valence electrons. The summed E-state index contributed by atoms with van der Waals surface area (Å²) in [5, 5.41) is 2.75. The number of benzene rings is 1. The fourth-order valence-electron chi connectivity index (χ4n) is 2.78. The molecule has 1 heterocycles. The van der Waals surface area contributed by atoms with Gasteiger partial charge in [-0.2, -0.15) is 4.99 Å². The first kappa shape index (κ1) is 28.3. The lowest BCUT2D eigenvalue weighted by atomic mass is 10.3. The highest BCUT2D eigenvalue weighted by molar-refractivity contribution is 7.57. The van der Waals surface area contributed by atoms with Crippen LogP contribution in [0.2, 0.25) is 0 Å². The zero-order valence-corrected chi connectivity index (χ0v) is 21.4. The van der Waals surface area contributed by atoms with E-state index in [1.54, 1.807) is 49.4 Å². The minimum atomic E-state index is -3.60. The van der Waals surface area contributed by atoms with E-state index in [-0.39, 0.29) is 38.7 Å². The van der Waals surface area contributed by atoms with Crippen LogP contribution in [0.1, 0.15) is 27.2 Å². The summed E-state index contributed by atoms with van der Waals surface area (Å²) in [5.41, 5.74) is 5.85. The number of guanidine groups is 1. The quantitative estimate of drug-likeness (QED) is 0.231. The number of aliphatic imine (C=N–C) groups is 3. The Bertz CT molecular complexity index is 926. The normalized spacial score (nSPS) is 19.6. The second kappa shape index (κ2) is 15.1. The SMILES string of the molecule is CCCO/C1=N/C(N)=N\CN(CCOCP(=O)(N[C@@H](C)C(=O)OCC)Oc2ccccc2)C=NC1. The number of carbonyl (C=O) groups is 1. The second-order valence-electron chi connectivity index (χ2n) is 7.50. The van der Waals surface area contributed by atoms with Crippen molar-refractivity contribution in [3.8, 4) is 5.75 Å². The Morgan fingerprint density at radius 2 is 2.03 bits per heavy atom. The van der Waals surface area contributed by atoms with Crippen LogP contribution < -0.4 is 15.3 Å². The van der Waals surface area contributed by atoms with E-state index in [1.807, 2.05) is 13.0 Å². The fraction of sp³-hybridized carbons (Fsp3) is 0.545. The van der Waals surface area contributed by atoms with Gasteiger partial charge >= 0.3 is 13.5 Å². The third-order valence-electron chi connectivity index (χ3n) is 4.41. The van der Waals surface area contributed by atoms with Gasteiger partial charge in [0, 0.05) is 6.54 Å². The Labute approximate surface area is 206 Å². The topological polar surface area (TPSA) is 149 Å². The summed E-state index contributed by atoms with van der Waals surface area (Å²) in [7, 11) is -3.60. The van der Waals surface area contributed by atoms with Crippen molar-refractivity contribution in [3.63, 3.8) is 0 Å². The van der Waals surface area contributed by atoms with E-state index < -0.39 is 19.5 Å². The number of nitrogens with two attached hydrogens (primary N) is 1. The van der Waals surface area contributed by atoms with Crippen LogP contribution in [-0.2, 0) is 23.6 Å². The van der Waals surface area contributed by atoms with Gasteiger partial charge in [0.15, 0.2) is 0 Å². The van der Waals surface area contributed by atoms with Gasteiger partial charge in [-0.1, -0.05) is 25.1 Å². The summed E-state index contributed by atoms with van der Waals surface area (Å²) in [5.74, 6) is 0.368. The van der Waals surface area contributed by atoms with Gasteiger partial charge in [-0.3, -0.25) is 14.4 Å². The fourth-order valence-corrected chi connectivity index (χ4v) is 4.49. The lowest BCUT2D eigenvalue weighted by Gasteiger charge is -2.24. The van der Waals surface area contributed by atoms with Crippen LogP contribution in [0.15, 0.2) is 45.3 Å². The van der Waals surface area contributed by atoms with Gasteiger partial charge in [0.05, 0.1) is 26.2 Å². The van der Waals surface area contributed by atoms with Crippen molar-refractivity contribution in [2.75, 3.05) is 45.9 Å². The molecule has 12 nitrogen and oxygen atoms in total. The minimum absolute atomic E-state index is 0.102. The molecule has 0 spiro atoms. The van der Waals surface area contributed by atoms with Gasteiger partial charge < -0.3 is 29.4 Å². The molecule has 0 radical (unpaired) electrons. The molecule has 0 amide bonds. The predicted octanol–water partition coefficient (Wildman–Crippen LogP) is 2.22. The maximum absolute atomic E-state index is 13.5. The Morgan fingerprint density at radius 1 is 1.26 bits per heavy atom. The van der Waals surface area contributed by atoms with E-state index >= 15 is 0 Å². The molecule has 3 N–H and O–H groups in total. The largest absolute Gasteiger partial charge is 0.479 e. The lowest BCUT2D eigenvalue weighted by molar-refractivity contribution is -0.144. The van der Waals surface area contributed by atoms with Crippen molar-refractivity contribution in [2.45, 2.75) is 33.2 Å². The average Bonchev–Trinajstić information content (AvgIpc) is 2.91. The Balaban J connectivity index is 1.94. The molecule has 0 bridgehead atoms. The number of ether oxygens (including phenoxy) is 3.